The molecule has 2 aromatic heterocycles. The molecule has 1 unspecified atom stereocenters. The topological polar surface area (TPSA) is 51.4 Å². The van der Waals surface area contributed by atoms with Gasteiger partial charge in [-0.15, -0.1) is 0 Å². The van der Waals surface area contributed by atoms with E-state index in [1.807, 2.05) is 36.4 Å². The van der Waals surface area contributed by atoms with E-state index in [1.165, 1.54) is 0 Å². The number of pyridine rings is 1. The SMILES string of the molecule is Clc1ccc(C2CN(Cc3cc(-c4ccccn4)no3)CCO2)cc1Cl. The van der Waals surface area contributed by atoms with Crippen molar-refractivity contribution in [2.45, 2.75) is 12.6 Å². The van der Waals surface area contributed by atoms with Gasteiger partial charge in [0.15, 0.2) is 5.76 Å². The van der Waals surface area contributed by atoms with Crippen molar-refractivity contribution in [2.75, 3.05) is 19.7 Å². The summed E-state index contributed by atoms with van der Waals surface area (Å²) in [5.74, 6) is 0.806. The van der Waals surface area contributed by atoms with E-state index in [4.69, 9.17) is 32.5 Å². The Morgan fingerprint density at radius 3 is 2.81 bits per heavy atom. The molecule has 1 fully saturated rings. The Balaban J connectivity index is 1.44. The Labute approximate surface area is 161 Å². The van der Waals surface area contributed by atoms with Crippen molar-refractivity contribution in [2.24, 2.45) is 0 Å². The molecule has 1 aliphatic rings. The van der Waals surface area contributed by atoms with E-state index in [9.17, 15) is 0 Å². The maximum atomic E-state index is 6.13. The zero-order valence-electron chi connectivity index (χ0n) is 13.9. The number of morpholine rings is 1. The predicted octanol–water partition coefficient (Wildman–Crippen LogP) is 4.62. The molecule has 3 heterocycles. The molecule has 0 bridgehead atoms. The third kappa shape index (κ3) is 3.91. The number of ether oxygens (including phenoxy) is 1. The van der Waals surface area contributed by atoms with Gasteiger partial charge in [-0.2, -0.15) is 0 Å². The Kier molecular flexibility index (Phi) is 5.22. The molecule has 26 heavy (non-hydrogen) atoms. The van der Waals surface area contributed by atoms with Crippen molar-refractivity contribution in [1.82, 2.24) is 15.0 Å². The first-order chi connectivity index (χ1) is 12.7. The molecule has 134 valence electrons. The second-order valence-electron chi connectivity index (χ2n) is 6.16. The Morgan fingerprint density at radius 1 is 1.08 bits per heavy atom. The molecule has 0 spiro atoms. The maximum Gasteiger partial charge on any atom is 0.151 e. The summed E-state index contributed by atoms with van der Waals surface area (Å²) in [5.41, 5.74) is 2.57. The van der Waals surface area contributed by atoms with Gasteiger partial charge in [0, 0.05) is 25.4 Å². The lowest BCUT2D eigenvalue weighted by Crippen LogP contribution is -2.37. The molecule has 1 saturated heterocycles. The van der Waals surface area contributed by atoms with Gasteiger partial charge in [0.2, 0.25) is 0 Å². The number of benzene rings is 1. The third-order valence-corrected chi connectivity index (χ3v) is 5.07. The molecule has 0 N–H and O–H groups in total. The first-order valence-corrected chi connectivity index (χ1v) is 9.10. The minimum absolute atomic E-state index is 0.0447. The molecule has 0 radical (unpaired) electrons. The van der Waals surface area contributed by atoms with Crippen molar-refractivity contribution in [1.29, 1.82) is 0 Å². The van der Waals surface area contributed by atoms with Gasteiger partial charge in [0.1, 0.15) is 5.69 Å². The van der Waals surface area contributed by atoms with E-state index in [2.05, 4.69) is 15.0 Å². The van der Waals surface area contributed by atoms with Gasteiger partial charge in [0.25, 0.3) is 0 Å². The van der Waals surface area contributed by atoms with Crippen LogP contribution in [0.4, 0.5) is 0 Å². The first-order valence-electron chi connectivity index (χ1n) is 8.35. The highest BCUT2D eigenvalue weighted by atomic mass is 35.5. The average Bonchev–Trinajstić information content (AvgIpc) is 3.13. The summed E-state index contributed by atoms with van der Waals surface area (Å²) in [4.78, 5) is 6.57. The zero-order valence-corrected chi connectivity index (χ0v) is 15.5. The quantitative estimate of drug-likeness (QED) is 0.651. The van der Waals surface area contributed by atoms with Crippen LogP contribution in [0.2, 0.25) is 10.0 Å². The number of nitrogens with zero attached hydrogens (tertiary/aromatic N) is 3. The second-order valence-corrected chi connectivity index (χ2v) is 6.98. The number of aromatic nitrogens is 2. The van der Waals surface area contributed by atoms with Crippen LogP contribution in [0.15, 0.2) is 53.2 Å². The molecule has 0 aliphatic carbocycles. The van der Waals surface area contributed by atoms with Crippen LogP contribution in [0.25, 0.3) is 11.4 Å². The van der Waals surface area contributed by atoms with Gasteiger partial charge in [-0.1, -0.05) is 40.5 Å². The van der Waals surface area contributed by atoms with E-state index in [1.54, 1.807) is 12.3 Å². The van der Waals surface area contributed by atoms with Crippen molar-refractivity contribution in [3.05, 3.63) is 70.0 Å². The van der Waals surface area contributed by atoms with Crippen LogP contribution in [-0.2, 0) is 11.3 Å². The van der Waals surface area contributed by atoms with Gasteiger partial charge in [0.05, 0.1) is 35.0 Å². The summed E-state index contributed by atoms with van der Waals surface area (Å²) in [7, 11) is 0. The summed E-state index contributed by atoms with van der Waals surface area (Å²) in [5, 5.41) is 5.21. The first kappa shape index (κ1) is 17.5. The van der Waals surface area contributed by atoms with Crippen LogP contribution in [0.1, 0.15) is 17.4 Å². The monoisotopic (exact) mass is 389 g/mol. The van der Waals surface area contributed by atoms with Gasteiger partial charge in [-0.05, 0) is 29.8 Å². The summed E-state index contributed by atoms with van der Waals surface area (Å²) in [6, 6.07) is 13.3. The number of rotatable bonds is 4. The van der Waals surface area contributed by atoms with Crippen LogP contribution in [-0.4, -0.2) is 34.7 Å². The fourth-order valence-electron chi connectivity index (χ4n) is 3.00. The fourth-order valence-corrected chi connectivity index (χ4v) is 3.31. The van der Waals surface area contributed by atoms with Gasteiger partial charge in [-0.3, -0.25) is 9.88 Å². The molecule has 1 aromatic carbocycles. The van der Waals surface area contributed by atoms with Crippen molar-refractivity contribution in [3.8, 4) is 11.4 Å². The van der Waals surface area contributed by atoms with Crippen LogP contribution < -0.4 is 0 Å². The standard InChI is InChI=1S/C19H17Cl2N3O2/c20-15-5-4-13(9-16(15)21)19-12-24(7-8-25-19)11-14-10-18(23-26-14)17-3-1-2-6-22-17/h1-6,9-10,19H,7-8,11-12H2. The van der Waals surface area contributed by atoms with Gasteiger partial charge in [-0.25, -0.2) is 0 Å². The van der Waals surface area contributed by atoms with E-state index < -0.39 is 0 Å². The second kappa shape index (κ2) is 7.76. The van der Waals surface area contributed by atoms with Gasteiger partial charge < -0.3 is 9.26 Å². The molecular weight excluding hydrogens is 373 g/mol. The molecule has 0 saturated carbocycles. The highest BCUT2D eigenvalue weighted by Gasteiger charge is 2.23. The lowest BCUT2D eigenvalue weighted by atomic mass is 10.1. The van der Waals surface area contributed by atoms with Crippen molar-refractivity contribution >= 4 is 23.2 Å². The number of hydrogen-bond acceptors (Lipinski definition) is 5. The minimum atomic E-state index is -0.0447. The maximum absolute atomic E-state index is 6.13. The van der Waals surface area contributed by atoms with Crippen LogP contribution in [0.5, 0.6) is 0 Å². The predicted molar refractivity (Wildman–Crippen MR) is 100 cm³/mol. The number of hydrogen-bond donors (Lipinski definition) is 0. The Bertz CT molecular complexity index is 886. The van der Waals surface area contributed by atoms with Gasteiger partial charge >= 0.3 is 0 Å². The molecule has 7 heteroatoms. The molecule has 4 rings (SSSR count). The molecule has 3 aromatic rings. The van der Waals surface area contributed by atoms with E-state index >= 15 is 0 Å². The normalized spacial score (nSPS) is 18.2. The van der Waals surface area contributed by atoms with E-state index in [-0.39, 0.29) is 6.10 Å². The Morgan fingerprint density at radius 2 is 2.00 bits per heavy atom. The largest absolute Gasteiger partial charge is 0.371 e. The zero-order chi connectivity index (χ0) is 17.9. The Hall–Kier alpha value is -1.92. The lowest BCUT2D eigenvalue weighted by Gasteiger charge is -2.32. The van der Waals surface area contributed by atoms with Crippen LogP contribution >= 0.6 is 23.2 Å². The highest BCUT2D eigenvalue weighted by Crippen LogP contribution is 2.29. The van der Waals surface area contributed by atoms with Crippen LogP contribution in [0.3, 0.4) is 0 Å². The molecular formula is C19H17Cl2N3O2. The molecule has 5 nitrogen and oxygen atoms in total. The highest BCUT2D eigenvalue weighted by molar-refractivity contribution is 6.42. The summed E-state index contributed by atoms with van der Waals surface area (Å²) >= 11 is 12.1. The summed E-state index contributed by atoms with van der Waals surface area (Å²) in [6.45, 7) is 2.89. The molecule has 1 atom stereocenters. The summed E-state index contributed by atoms with van der Waals surface area (Å²) in [6.07, 6.45) is 1.70. The van der Waals surface area contributed by atoms with Crippen molar-refractivity contribution in [3.63, 3.8) is 0 Å². The minimum Gasteiger partial charge on any atom is -0.371 e. The third-order valence-electron chi connectivity index (χ3n) is 4.33. The molecule has 1 aliphatic heterocycles. The van der Waals surface area contributed by atoms with Crippen molar-refractivity contribution < 1.29 is 9.26 Å². The summed E-state index contributed by atoms with van der Waals surface area (Å²) < 4.78 is 11.4. The van der Waals surface area contributed by atoms with Crippen LogP contribution in [0, 0.1) is 0 Å². The van der Waals surface area contributed by atoms with E-state index in [0.717, 1.165) is 35.8 Å². The van der Waals surface area contributed by atoms with E-state index in [0.29, 0.717) is 23.2 Å². The fraction of sp³-hybridized carbons (Fsp3) is 0.263. The average molecular weight is 390 g/mol. The number of halogens is 2. The smallest absolute Gasteiger partial charge is 0.151 e. The lowest BCUT2D eigenvalue weighted by molar-refractivity contribution is -0.0351. The molecule has 0 amide bonds.